The van der Waals surface area contributed by atoms with Gasteiger partial charge in [0.25, 0.3) is 5.91 Å². The lowest BCUT2D eigenvalue weighted by molar-refractivity contribution is 0.0941. The third-order valence-corrected chi connectivity index (χ3v) is 2.93. The van der Waals surface area contributed by atoms with Gasteiger partial charge in [0, 0.05) is 19.3 Å². The molecule has 0 radical (unpaired) electrons. The zero-order chi connectivity index (χ0) is 14.7. The van der Waals surface area contributed by atoms with Crippen molar-refractivity contribution in [1.29, 1.82) is 0 Å². The van der Waals surface area contributed by atoms with Crippen LogP contribution in [0.3, 0.4) is 0 Å². The topological polar surface area (TPSA) is 60.0 Å². The molecule has 1 aromatic carbocycles. The molecule has 0 aliphatic rings. The highest BCUT2D eigenvalue weighted by Gasteiger charge is 2.12. The van der Waals surface area contributed by atoms with Crippen molar-refractivity contribution in [3.63, 3.8) is 0 Å². The van der Waals surface area contributed by atoms with Crippen molar-refractivity contribution in [3.8, 4) is 0 Å². The van der Waals surface area contributed by atoms with Crippen molar-refractivity contribution in [2.24, 2.45) is 0 Å². The molecule has 106 valence electrons. The number of benzene rings is 1. The number of hydrogen-bond donors (Lipinski definition) is 2. The SMILES string of the molecule is CCn1cc(N)cc1C(=O)NCc1ccc(F)c(F)c1. The molecular formula is C14H15F2N3O. The van der Waals surface area contributed by atoms with Gasteiger partial charge in [-0.3, -0.25) is 4.79 Å². The lowest BCUT2D eigenvalue weighted by Gasteiger charge is -2.08. The van der Waals surface area contributed by atoms with Gasteiger partial charge in [0.05, 0.1) is 5.69 Å². The Morgan fingerprint density at radius 3 is 2.70 bits per heavy atom. The number of aryl methyl sites for hydroxylation is 1. The molecular weight excluding hydrogens is 264 g/mol. The molecule has 0 bridgehead atoms. The molecule has 0 fully saturated rings. The second kappa shape index (κ2) is 5.73. The van der Waals surface area contributed by atoms with Crippen LogP contribution < -0.4 is 11.1 Å². The highest BCUT2D eigenvalue weighted by molar-refractivity contribution is 5.93. The molecule has 0 saturated heterocycles. The summed E-state index contributed by atoms with van der Waals surface area (Å²) in [5, 5.41) is 2.65. The Balaban J connectivity index is 2.06. The highest BCUT2D eigenvalue weighted by Crippen LogP contribution is 2.12. The van der Waals surface area contributed by atoms with Crippen LogP contribution in [-0.2, 0) is 13.1 Å². The van der Waals surface area contributed by atoms with Crippen LogP contribution in [0.5, 0.6) is 0 Å². The van der Waals surface area contributed by atoms with Crippen LogP contribution >= 0.6 is 0 Å². The Bertz CT molecular complexity index is 637. The zero-order valence-corrected chi connectivity index (χ0v) is 11.0. The Hall–Kier alpha value is -2.37. The molecule has 0 unspecified atom stereocenters. The van der Waals surface area contributed by atoms with E-state index in [0.717, 1.165) is 12.1 Å². The maximum Gasteiger partial charge on any atom is 0.268 e. The van der Waals surface area contributed by atoms with Gasteiger partial charge in [-0.15, -0.1) is 0 Å². The largest absolute Gasteiger partial charge is 0.397 e. The first-order chi connectivity index (χ1) is 9.51. The van der Waals surface area contributed by atoms with E-state index in [1.807, 2.05) is 6.92 Å². The smallest absolute Gasteiger partial charge is 0.268 e. The fourth-order valence-corrected chi connectivity index (χ4v) is 1.91. The van der Waals surface area contributed by atoms with Crippen molar-refractivity contribution in [3.05, 3.63) is 53.4 Å². The summed E-state index contributed by atoms with van der Waals surface area (Å²) in [6.45, 7) is 2.63. The summed E-state index contributed by atoms with van der Waals surface area (Å²) in [6.07, 6.45) is 1.67. The first-order valence-corrected chi connectivity index (χ1v) is 6.19. The fraction of sp³-hybridized carbons (Fsp3) is 0.214. The Kier molecular flexibility index (Phi) is 4.02. The van der Waals surface area contributed by atoms with Gasteiger partial charge in [-0.05, 0) is 30.7 Å². The lowest BCUT2D eigenvalue weighted by Crippen LogP contribution is -2.25. The number of rotatable bonds is 4. The van der Waals surface area contributed by atoms with Gasteiger partial charge < -0.3 is 15.6 Å². The van der Waals surface area contributed by atoms with Gasteiger partial charge in [0.1, 0.15) is 5.69 Å². The molecule has 2 rings (SSSR count). The Morgan fingerprint density at radius 1 is 1.30 bits per heavy atom. The van der Waals surface area contributed by atoms with Crippen LogP contribution in [0.1, 0.15) is 23.0 Å². The van der Waals surface area contributed by atoms with Crippen LogP contribution in [0.4, 0.5) is 14.5 Å². The number of aromatic nitrogens is 1. The second-order valence-electron chi connectivity index (χ2n) is 4.38. The van der Waals surface area contributed by atoms with E-state index in [0.29, 0.717) is 23.5 Å². The Labute approximate surface area is 115 Å². The van der Waals surface area contributed by atoms with E-state index in [9.17, 15) is 13.6 Å². The number of nitrogens with two attached hydrogens (primary N) is 1. The minimum atomic E-state index is -0.932. The molecule has 6 heteroatoms. The first-order valence-electron chi connectivity index (χ1n) is 6.19. The van der Waals surface area contributed by atoms with Gasteiger partial charge in [-0.2, -0.15) is 0 Å². The molecule has 3 N–H and O–H groups in total. The van der Waals surface area contributed by atoms with Gasteiger partial charge in [0.15, 0.2) is 11.6 Å². The van der Waals surface area contributed by atoms with E-state index in [1.165, 1.54) is 6.07 Å². The van der Waals surface area contributed by atoms with Crippen molar-refractivity contribution in [1.82, 2.24) is 9.88 Å². The summed E-state index contributed by atoms with van der Waals surface area (Å²) in [5.74, 6) is -2.15. The molecule has 20 heavy (non-hydrogen) atoms. The normalized spacial score (nSPS) is 10.6. The molecule has 0 atom stereocenters. The predicted molar refractivity (Wildman–Crippen MR) is 72.0 cm³/mol. The summed E-state index contributed by atoms with van der Waals surface area (Å²) in [5.41, 5.74) is 7.07. The summed E-state index contributed by atoms with van der Waals surface area (Å²) < 4.78 is 27.5. The fourth-order valence-electron chi connectivity index (χ4n) is 1.91. The summed E-state index contributed by atoms with van der Waals surface area (Å²) in [7, 11) is 0. The molecule has 1 aromatic heterocycles. The zero-order valence-electron chi connectivity index (χ0n) is 11.0. The third kappa shape index (κ3) is 2.96. The van der Waals surface area contributed by atoms with E-state index >= 15 is 0 Å². The summed E-state index contributed by atoms with van der Waals surface area (Å²) >= 11 is 0. The molecule has 0 aliphatic carbocycles. The maximum atomic E-state index is 13.0. The number of nitrogen functional groups attached to an aromatic ring is 1. The van der Waals surface area contributed by atoms with Gasteiger partial charge >= 0.3 is 0 Å². The van der Waals surface area contributed by atoms with Crippen LogP contribution in [0.15, 0.2) is 30.5 Å². The summed E-state index contributed by atoms with van der Waals surface area (Å²) in [4.78, 5) is 12.0. The number of hydrogen-bond acceptors (Lipinski definition) is 2. The minimum absolute atomic E-state index is 0.116. The van der Waals surface area contributed by atoms with Crippen LogP contribution in [0.2, 0.25) is 0 Å². The van der Waals surface area contributed by atoms with Crippen molar-refractivity contribution < 1.29 is 13.6 Å². The van der Waals surface area contributed by atoms with Crippen molar-refractivity contribution >= 4 is 11.6 Å². The molecule has 0 spiro atoms. The molecule has 2 aromatic rings. The van der Waals surface area contributed by atoms with Crippen molar-refractivity contribution in [2.75, 3.05) is 5.73 Å². The lowest BCUT2D eigenvalue weighted by atomic mass is 10.2. The average Bonchev–Trinajstić information content (AvgIpc) is 2.81. The number of halogens is 2. The van der Waals surface area contributed by atoms with Gasteiger partial charge in [-0.1, -0.05) is 6.07 Å². The molecule has 4 nitrogen and oxygen atoms in total. The van der Waals surface area contributed by atoms with Gasteiger partial charge in [0.2, 0.25) is 0 Å². The number of carbonyl (C=O) groups is 1. The molecule has 1 heterocycles. The minimum Gasteiger partial charge on any atom is -0.397 e. The van der Waals surface area contributed by atoms with Gasteiger partial charge in [-0.25, -0.2) is 8.78 Å². The molecule has 1 amide bonds. The van der Waals surface area contributed by atoms with Crippen LogP contribution in [0.25, 0.3) is 0 Å². The molecule has 0 aliphatic heterocycles. The quantitative estimate of drug-likeness (QED) is 0.902. The standard InChI is InChI=1S/C14H15F2N3O/c1-2-19-8-10(17)6-13(19)14(20)18-7-9-3-4-11(15)12(16)5-9/h3-6,8H,2,7,17H2,1H3,(H,18,20). The third-order valence-electron chi connectivity index (χ3n) is 2.93. The second-order valence-corrected chi connectivity index (χ2v) is 4.38. The Morgan fingerprint density at radius 2 is 2.05 bits per heavy atom. The van der Waals surface area contributed by atoms with Crippen LogP contribution in [0, 0.1) is 11.6 Å². The van der Waals surface area contributed by atoms with E-state index in [1.54, 1.807) is 16.8 Å². The predicted octanol–water partition coefficient (Wildman–Crippen LogP) is 2.30. The molecule has 0 saturated carbocycles. The number of amides is 1. The average molecular weight is 279 g/mol. The van der Waals surface area contributed by atoms with E-state index in [4.69, 9.17) is 5.73 Å². The summed E-state index contributed by atoms with van der Waals surface area (Å²) in [6, 6.07) is 5.09. The first kappa shape index (κ1) is 14.0. The van der Waals surface area contributed by atoms with Crippen molar-refractivity contribution in [2.45, 2.75) is 20.0 Å². The van der Waals surface area contributed by atoms with E-state index in [-0.39, 0.29) is 12.5 Å². The highest BCUT2D eigenvalue weighted by atomic mass is 19.2. The number of carbonyl (C=O) groups excluding carboxylic acids is 1. The maximum absolute atomic E-state index is 13.0. The number of anilines is 1. The number of nitrogens with zero attached hydrogens (tertiary/aromatic N) is 1. The van der Waals surface area contributed by atoms with Crippen LogP contribution in [-0.4, -0.2) is 10.5 Å². The monoisotopic (exact) mass is 279 g/mol. The van der Waals surface area contributed by atoms with E-state index < -0.39 is 11.6 Å². The number of nitrogens with one attached hydrogen (secondary N) is 1. The van der Waals surface area contributed by atoms with E-state index in [2.05, 4.69) is 5.32 Å².